The van der Waals surface area contributed by atoms with Gasteiger partial charge in [0, 0.05) is 23.9 Å². The van der Waals surface area contributed by atoms with Crippen LogP contribution in [0, 0.1) is 6.92 Å². The summed E-state index contributed by atoms with van der Waals surface area (Å²) in [7, 11) is 3.10. The Morgan fingerprint density at radius 1 is 1.15 bits per heavy atom. The van der Waals surface area contributed by atoms with Crippen LogP contribution in [0.25, 0.3) is 11.5 Å². The number of nitrogens with zero attached hydrogens (tertiary/aromatic N) is 4. The smallest absolute Gasteiger partial charge is 0.322 e. The maximum Gasteiger partial charge on any atom is 0.322 e. The Balaban J connectivity index is 1.80. The highest BCUT2D eigenvalue weighted by molar-refractivity contribution is 6.01. The SMILES string of the molecule is CCn1nc(C(=O)Nc2nnc(-c3cc(OC)cc(OC)c3)o2)cc1C. The summed E-state index contributed by atoms with van der Waals surface area (Å²) in [6, 6.07) is 6.87. The number of carbonyl (C=O) groups is 1. The molecule has 1 amide bonds. The highest BCUT2D eigenvalue weighted by atomic mass is 16.5. The fraction of sp³-hybridized carbons (Fsp3) is 0.294. The van der Waals surface area contributed by atoms with Gasteiger partial charge in [0.2, 0.25) is 5.89 Å². The van der Waals surface area contributed by atoms with Crippen molar-refractivity contribution in [1.82, 2.24) is 20.0 Å². The molecule has 0 spiro atoms. The first-order chi connectivity index (χ1) is 12.5. The van der Waals surface area contributed by atoms with Gasteiger partial charge < -0.3 is 13.9 Å². The summed E-state index contributed by atoms with van der Waals surface area (Å²) < 4.78 is 17.7. The zero-order valence-corrected chi connectivity index (χ0v) is 14.9. The highest BCUT2D eigenvalue weighted by Crippen LogP contribution is 2.29. The fourth-order valence-corrected chi connectivity index (χ4v) is 2.42. The number of nitrogens with one attached hydrogen (secondary N) is 1. The van der Waals surface area contributed by atoms with Gasteiger partial charge in [-0.15, -0.1) is 5.10 Å². The number of aromatic nitrogens is 4. The lowest BCUT2D eigenvalue weighted by atomic mass is 10.2. The van der Waals surface area contributed by atoms with Gasteiger partial charge in [-0.3, -0.25) is 14.8 Å². The Labute approximate surface area is 149 Å². The molecule has 9 nitrogen and oxygen atoms in total. The van der Waals surface area contributed by atoms with Gasteiger partial charge in [-0.2, -0.15) is 5.10 Å². The Hall–Kier alpha value is -3.36. The van der Waals surface area contributed by atoms with Crippen LogP contribution in [0.15, 0.2) is 28.7 Å². The molecule has 0 aliphatic carbocycles. The molecule has 1 N–H and O–H groups in total. The van der Waals surface area contributed by atoms with E-state index in [1.165, 1.54) is 0 Å². The van der Waals surface area contributed by atoms with E-state index in [1.54, 1.807) is 43.2 Å². The largest absolute Gasteiger partial charge is 0.497 e. The molecule has 2 heterocycles. The van der Waals surface area contributed by atoms with Crippen molar-refractivity contribution in [2.24, 2.45) is 0 Å². The van der Waals surface area contributed by atoms with Crippen molar-refractivity contribution < 1.29 is 18.7 Å². The minimum atomic E-state index is -0.418. The second-order valence-electron chi connectivity index (χ2n) is 5.45. The molecule has 9 heteroatoms. The number of ether oxygens (including phenoxy) is 2. The average Bonchev–Trinajstić information content (AvgIpc) is 3.27. The van der Waals surface area contributed by atoms with Crippen molar-refractivity contribution in [3.63, 3.8) is 0 Å². The maximum absolute atomic E-state index is 12.3. The summed E-state index contributed by atoms with van der Waals surface area (Å²) in [5, 5.41) is 14.6. The van der Waals surface area contributed by atoms with Crippen molar-refractivity contribution in [1.29, 1.82) is 0 Å². The topological polar surface area (TPSA) is 104 Å². The van der Waals surface area contributed by atoms with Gasteiger partial charge >= 0.3 is 6.01 Å². The van der Waals surface area contributed by atoms with Gasteiger partial charge in [-0.25, -0.2) is 0 Å². The summed E-state index contributed by atoms with van der Waals surface area (Å²) in [5.41, 5.74) is 1.79. The van der Waals surface area contributed by atoms with E-state index >= 15 is 0 Å². The number of amides is 1. The number of hydrogen-bond acceptors (Lipinski definition) is 7. The Bertz CT molecular complexity index is 909. The number of methoxy groups -OCH3 is 2. The standard InChI is InChI=1S/C17H19N5O4/c1-5-22-10(2)6-14(21-22)15(23)18-17-20-19-16(26-17)11-7-12(24-3)9-13(8-11)25-4/h6-9H,5H2,1-4H3,(H,18,20,23). The minimum absolute atomic E-state index is 0.0181. The van der Waals surface area contributed by atoms with Crippen LogP contribution in [0.5, 0.6) is 11.5 Å². The summed E-state index contributed by atoms with van der Waals surface area (Å²) in [4.78, 5) is 12.3. The first-order valence-corrected chi connectivity index (χ1v) is 7.96. The van der Waals surface area contributed by atoms with Crippen LogP contribution in [-0.4, -0.2) is 40.1 Å². The Morgan fingerprint density at radius 3 is 2.42 bits per heavy atom. The van der Waals surface area contributed by atoms with Crippen LogP contribution >= 0.6 is 0 Å². The predicted octanol–water partition coefficient (Wildman–Crippen LogP) is 2.53. The van der Waals surface area contributed by atoms with E-state index in [9.17, 15) is 4.79 Å². The first-order valence-electron chi connectivity index (χ1n) is 7.96. The Kier molecular flexibility index (Phi) is 4.87. The molecule has 3 aromatic rings. The molecule has 0 radical (unpaired) electrons. The second kappa shape index (κ2) is 7.26. The third-order valence-corrected chi connectivity index (χ3v) is 3.76. The quantitative estimate of drug-likeness (QED) is 0.723. The van der Waals surface area contributed by atoms with E-state index in [1.807, 2.05) is 13.8 Å². The molecule has 0 unspecified atom stereocenters. The molecular weight excluding hydrogens is 338 g/mol. The van der Waals surface area contributed by atoms with Gasteiger partial charge in [-0.05, 0) is 32.0 Å². The second-order valence-corrected chi connectivity index (χ2v) is 5.45. The monoisotopic (exact) mass is 357 g/mol. The lowest BCUT2D eigenvalue weighted by molar-refractivity contribution is 0.101. The number of aryl methyl sites for hydroxylation is 2. The fourth-order valence-electron chi connectivity index (χ4n) is 2.42. The predicted molar refractivity (Wildman–Crippen MR) is 93.4 cm³/mol. The third kappa shape index (κ3) is 3.51. The lowest BCUT2D eigenvalue weighted by Gasteiger charge is -2.05. The van der Waals surface area contributed by atoms with Crippen molar-refractivity contribution in [3.05, 3.63) is 35.7 Å². The first kappa shape index (κ1) is 17.5. The zero-order valence-electron chi connectivity index (χ0n) is 14.9. The third-order valence-electron chi connectivity index (χ3n) is 3.76. The number of benzene rings is 1. The van der Waals surface area contributed by atoms with E-state index in [0.717, 1.165) is 5.69 Å². The van der Waals surface area contributed by atoms with Crippen molar-refractivity contribution in [3.8, 4) is 23.0 Å². The van der Waals surface area contributed by atoms with Crippen molar-refractivity contribution in [2.45, 2.75) is 20.4 Å². The van der Waals surface area contributed by atoms with Gasteiger partial charge in [0.1, 0.15) is 11.5 Å². The molecular formula is C17H19N5O4. The molecule has 3 rings (SSSR count). The van der Waals surface area contributed by atoms with Crippen LogP contribution in [0.3, 0.4) is 0 Å². The molecule has 2 aromatic heterocycles. The number of anilines is 1. The van der Waals surface area contributed by atoms with Crippen molar-refractivity contribution in [2.75, 3.05) is 19.5 Å². The van der Waals surface area contributed by atoms with Gasteiger partial charge in [0.05, 0.1) is 14.2 Å². The molecule has 0 saturated heterocycles. The number of carbonyl (C=O) groups excluding carboxylic acids is 1. The molecule has 26 heavy (non-hydrogen) atoms. The number of hydrogen-bond donors (Lipinski definition) is 1. The summed E-state index contributed by atoms with van der Waals surface area (Å²) in [6.45, 7) is 4.52. The lowest BCUT2D eigenvalue weighted by Crippen LogP contribution is -2.13. The molecule has 0 saturated carbocycles. The highest BCUT2D eigenvalue weighted by Gasteiger charge is 2.17. The van der Waals surface area contributed by atoms with Gasteiger partial charge in [0.25, 0.3) is 5.91 Å². The van der Waals surface area contributed by atoms with Gasteiger partial charge in [-0.1, -0.05) is 5.10 Å². The molecule has 1 aromatic carbocycles. The van der Waals surface area contributed by atoms with Crippen LogP contribution in [0.1, 0.15) is 23.1 Å². The Morgan fingerprint density at radius 2 is 1.85 bits per heavy atom. The molecule has 0 atom stereocenters. The maximum atomic E-state index is 12.3. The van der Waals surface area contributed by atoms with E-state index in [4.69, 9.17) is 13.9 Å². The molecule has 0 bridgehead atoms. The van der Waals surface area contributed by atoms with E-state index < -0.39 is 5.91 Å². The average molecular weight is 357 g/mol. The minimum Gasteiger partial charge on any atom is -0.497 e. The zero-order chi connectivity index (χ0) is 18.7. The van der Waals surface area contributed by atoms with Crippen LogP contribution in [0.2, 0.25) is 0 Å². The van der Waals surface area contributed by atoms with Crippen molar-refractivity contribution >= 4 is 11.9 Å². The molecule has 0 fully saturated rings. The molecule has 136 valence electrons. The van der Waals surface area contributed by atoms with Crippen LogP contribution in [0.4, 0.5) is 6.01 Å². The van der Waals surface area contributed by atoms with E-state index in [0.29, 0.717) is 23.6 Å². The molecule has 0 aliphatic heterocycles. The normalized spacial score (nSPS) is 10.6. The van der Waals surface area contributed by atoms with E-state index in [2.05, 4.69) is 20.6 Å². The molecule has 0 aliphatic rings. The number of rotatable bonds is 6. The van der Waals surface area contributed by atoms with Gasteiger partial charge in [0.15, 0.2) is 5.69 Å². The summed E-state index contributed by atoms with van der Waals surface area (Å²) >= 11 is 0. The van der Waals surface area contributed by atoms with Crippen LogP contribution < -0.4 is 14.8 Å². The summed E-state index contributed by atoms with van der Waals surface area (Å²) in [6.07, 6.45) is 0. The summed E-state index contributed by atoms with van der Waals surface area (Å²) in [5.74, 6) is 0.985. The van der Waals surface area contributed by atoms with Crippen LogP contribution in [-0.2, 0) is 6.54 Å². The van der Waals surface area contributed by atoms with E-state index in [-0.39, 0.29) is 17.6 Å².